The van der Waals surface area contributed by atoms with E-state index in [4.69, 9.17) is 0 Å². The molecule has 2 aromatic carbocycles. The maximum Gasteiger partial charge on any atom is 0.272 e. The molecule has 4 aromatic rings. The Labute approximate surface area is 165 Å². The van der Waals surface area contributed by atoms with Crippen molar-refractivity contribution in [2.45, 2.75) is 0 Å². The Morgan fingerprint density at radius 2 is 1.86 bits per heavy atom. The van der Waals surface area contributed by atoms with Gasteiger partial charge in [-0.15, -0.1) is 0 Å². The number of fused-ring (bicyclic) bond motifs is 1. The van der Waals surface area contributed by atoms with Crippen molar-refractivity contribution in [2.24, 2.45) is 0 Å². The minimum absolute atomic E-state index is 0.179. The second-order valence-electron chi connectivity index (χ2n) is 6.17. The van der Waals surface area contributed by atoms with E-state index in [0.29, 0.717) is 11.3 Å². The Bertz CT molecular complexity index is 1140. The quantitative estimate of drug-likeness (QED) is 0.437. The molecule has 2 amide bonds. The molecule has 2 aromatic heterocycles. The fourth-order valence-electron chi connectivity index (χ4n) is 2.79. The van der Waals surface area contributed by atoms with Crippen LogP contribution in [0.15, 0.2) is 83.3 Å². The number of anilines is 1. The Hall–Kier alpha value is -3.64. The first-order valence-corrected chi connectivity index (χ1v) is 9.62. The van der Waals surface area contributed by atoms with Crippen LogP contribution in [0.1, 0.15) is 15.9 Å². The van der Waals surface area contributed by atoms with Gasteiger partial charge in [-0.2, -0.15) is 11.3 Å². The molecule has 138 valence electrons. The fraction of sp³-hybridized carbons (Fsp3) is 0. The molecule has 0 bridgehead atoms. The molecular formula is C22H17N3O2S. The van der Waals surface area contributed by atoms with Crippen LogP contribution in [-0.2, 0) is 4.79 Å². The third-order valence-corrected chi connectivity index (χ3v) is 4.90. The summed E-state index contributed by atoms with van der Waals surface area (Å²) in [6.07, 6.45) is 3.51. The molecule has 28 heavy (non-hydrogen) atoms. The molecular weight excluding hydrogens is 370 g/mol. The minimum Gasteiger partial charge on any atom is -0.361 e. The minimum atomic E-state index is -0.388. The highest BCUT2D eigenvalue weighted by atomic mass is 32.1. The molecule has 0 aliphatic carbocycles. The number of carbonyl (C=O) groups is 2. The number of amides is 2. The van der Waals surface area contributed by atoms with Crippen molar-refractivity contribution in [3.63, 3.8) is 0 Å². The van der Waals surface area contributed by atoms with Gasteiger partial charge in [0.15, 0.2) is 0 Å². The van der Waals surface area contributed by atoms with Gasteiger partial charge in [0.05, 0.1) is 0 Å². The van der Waals surface area contributed by atoms with Gasteiger partial charge in [-0.25, -0.2) is 0 Å². The van der Waals surface area contributed by atoms with Crippen molar-refractivity contribution in [2.75, 3.05) is 5.32 Å². The molecule has 4 rings (SSSR count). The maximum atomic E-state index is 12.9. The highest BCUT2D eigenvalue weighted by molar-refractivity contribution is 7.08. The van der Waals surface area contributed by atoms with Crippen molar-refractivity contribution in [3.8, 4) is 0 Å². The van der Waals surface area contributed by atoms with Crippen LogP contribution in [0.5, 0.6) is 0 Å². The summed E-state index contributed by atoms with van der Waals surface area (Å²) in [6.45, 7) is 0. The molecule has 6 heteroatoms. The van der Waals surface area contributed by atoms with Gasteiger partial charge in [0, 0.05) is 23.0 Å². The van der Waals surface area contributed by atoms with E-state index in [0.717, 1.165) is 16.5 Å². The van der Waals surface area contributed by atoms with Crippen molar-refractivity contribution in [3.05, 3.63) is 94.4 Å². The Balaban J connectivity index is 1.59. The van der Waals surface area contributed by atoms with Gasteiger partial charge in [-0.1, -0.05) is 24.3 Å². The largest absolute Gasteiger partial charge is 0.361 e. The highest BCUT2D eigenvalue weighted by Crippen LogP contribution is 2.19. The van der Waals surface area contributed by atoms with Crippen molar-refractivity contribution < 1.29 is 9.59 Å². The number of H-pyrrole nitrogens is 1. The third kappa shape index (κ3) is 4.02. The molecule has 0 aliphatic heterocycles. The van der Waals surface area contributed by atoms with E-state index in [1.54, 1.807) is 30.3 Å². The van der Waals surface area contributed by atoms with E-state index in [2.05, 4.69) is 15.6 Å². The summed E-state index contributed by atoms with van der Waals surface area (Å²) in [5.74, 6) is -0.724. The van der Waals surface area contributed by atoms with Crippen LogP contribution >= 0.6 is 11.3 Å². The zero-order valence-electron chi connectivity index (χ0n) is 14.8. The van der Waals surface area contributed by atoms with Gasteiger partial charge in [0.2, 0.25) is 0 Å². The first-order chi connectivity index (χ1) is 13.7. The van der Waals surface area contributed by atoms with Crippen LogP contribution in [0.4, 0.5) is 5.69 Å². The van der Waals surface area contributed by atoms with Crippen LogP contribution in [0, 0.1) is 0 Å². The highest BCUT2D eigenvalue weighted by Gasteiger charge is 2.15. The molecule has 0 saturated carbocycles. The Kier molecular flexibility index (Phi) is 5.03. The lowest BCUT2D eigenvalue weighted by molar-refractivity contribution is -0.113. The summed E-state index contributed by atoms with van der Waals surface area (Å²) in [5, 5.41) is 10.5. The Morgan fingerprint density at radius 1 is 1.00 bits per heavy atom. The third-order valence-electron chi connectivity index (χ3n) is 4.20. The summed E-state index contributed by atoms with van der Waals surface area (Å²) in [5.41, 5.74) is 3.08. The second kappa shape index (κ2) is 7.94. The summed E-state index contributed by atoms with van der Waals surface area (Å²) in [4.78, 5) is 28.5. The van der Waals surface area contributed by atoms with Gasteiger partial charge in [-0.3, -0.25) is 9.59 Å². The molecule has 0 unspecified atom stereocenters. The van der Waals surface area contributed by atoms with Gasteiger partial charge >= 0.3 is 0 Å². The molecule has 0 aliphatic rings. The number of rotatable bonds is 5. The molecule has 3 N–H and O–H groups in total. The van der Waals surface area contributed by atoms with E-state index in [9.17, 15) is 9.59 Å². The number of hydrogen-bond acceptors (Lipinski definition) is 3. The Morgan fingerprint density at radius 3 is 2.64 bits per heavy atom. The van der Waals surface area contributed by atoms with Crippen molar-refractivity contribution in [1.29, 1.82) is 0 Å². The van der Waals surface area contributed by atoms with Crippen LogP contribution in [0.25, 0.3) is 17.0 Å². The molecule has 0 radical (unpaired) electrons. The molecule has 0 fully saturated rings. The van der Waals surface area contributed by atoms with Gasteiger partial charge in [0.25, 0.3) is 11.8 Å². The molecule has 5 nitrogen and oxygen atoms in total. The predicted molar refractivity (Wildman–Crippen MR) is 113 cm³/mol. The first-order valence-electron chi connectivity index (χ1n) is 8.68. The number of thiophene rings is 1. The van der Waals surface area contributed by atoms with Crippen LogP contribution in [0.2, 0.25) is 0 Å². The van der Waals surface area contributed by atoms with E-state index in [1.807, 2.05) is 53.4 Å². The SMILES string of the molecule is O=C(Nc1ccc2cc[nH]c2c1)/C(=C/c1ccsc1)NC(=O)c1ccccc1. The van der Waals surface area contributed by atoms with Gasteiger partial charge in [-0.05, 0) is 64.2 Å². The van der Waals surface area contributed by atoms with E-state index in [-0.39, 0.29) is 17.5 Å². The summed E-state index contributed by atoms with van der Waals surface area (Å²) in [6, 6.07) is 18.3. The average molecular weight is 387 g/mol. The standard InChI is InChI=1S/C22H17N3O2S/c26-21(17-4-2-1-3-5-17)25-20(12-15-9-11-28-14-15)22(27)24-18-7-6-16-8-10-23-19(16)13-18/h1-14,23H,(H,24,27)(H,25,26)/b20-12-. The number of hydrogen-bond donors (Lipinski definition) is 3. The smallest absolute Gasteiger partial charge is 0.272 e. The number of nitrogens with one attached hydrogen (secondary N) is 3. The molecule has 0 saturated heterocycles. The topological polar surface area (TPSA) is 74.0 Å². The average Bonchev–Trinajstić information content (AvgIpc) is 3.39. The van der Waals surface area contributed by atoms with E-state index < -0.39 is 0 Å². The van der Waals surface area contributed by atoms with Crippen LogP contribution < -0.4 is 10.6 Å². The number of aromatic amines is 1. The van der Waals surface area contributed by atoms with Gasteiger partial charge in [0.1, 0.15) is 5.70 Å². The van der Waals surface area contributed by atoms with Crippen molar-refractivity contribution in [1.82, 2.24) is 10.3 Å². The second-order valence-corrected chi connectivity index (χ2v) is 6.95. The summed E-state index contributed by atoms with van der Waals surface area (Å²) in [7, 11) is 0. The summed E-state index contributed by atoms with van der Waals surface area (Å²) >= 11 is 1.52. The monoisotopic (exact) mass is 387 g/mol. The number of benzene rings is 2. The zero-order chi connectivity index (χ0) is 19.3. The molecule has 0 atom stereocenters. The van der Waals surface area contributed by atoms with Crippen LogP contribution in [0.3, 0.4) is 0 Å². The lowest BCUT2D eigenvalue weighted by atomic mass is 10.2. The lowest BCUT2D eigenvalue weighted by Crippen LogP contribution is -2.30. The zero-order valence-corrected chi connectivity index (χ0v) is 15.6. The summed E-state index contributed by atoms with van der Waals surface area (Å²) < 4.78 is 0. The molecule has 0 spiro atoms. The van der Waals surface area contributed by atoms with Gasteiger partial charge < -0.3 is 15.6 Å². The van der Waals surface area contributed by atoms with E-state index in [1.165, 1.54) is 11.3 Å². The van der Waals surface area contributed by atoms with Crippen LogP contribution in [-0.4, -0.2) is 16.8 Å². The van der Waals surface area contributed by atoms with Crippen molar-refractivity contribution >= 4 is 45.8 Å². The number of aromatic nitrogens is 1. The lowest BCUT2D eigenvalue weighted by Gasteiger charge is -2.11. The predicted octanol–water partition coefficient (Wildman–Crippen LogP) is 4.64. The maximum absolute atomic E-state index is 12.9. The van der Waals surface area contributed by atoms with E-state index >= 15 is 0 Å². The first kappa shape index (κ1) is 17.8. The number of carbonyl (C=O) groups excluding carboxylic acids is 2. The molecule has 2 heterocycles. The fourth-order valence-corrected chi connectivity index (χ4v) is 3.41. The normalized spacial score (nSPS) is 11.4.